The fourth-order valence-electron chi connectivity index (χ4n) is 2.15. The maximum absolute atomic E-state index is 10.8. The van der Waals surface area contributed by atoms with E-state index in [4.69, 9.17) is 14.6 Å². The summed E-state index contributed by atoms with van der Waals surface area (Å²) in [5, 5.41) is 8.87. The predicted octanol–water partition coefficient (Wildman–Crippen LogP) is 4.76. The van der Waals surface area contributed by atoms with Crippen LogP contribution in [0, 0.1) is 0 Å². The zero-order valence-corrected chi connectivity index (χ0v) is 12.9. The van der Waals surface area contributed by atoms with E-state index >= 15 is 0 Å². The first-order valence-electron chi connectivity index (χ1n) is 7.49. The molecule has 4 nitrogen and oxygen atoms in total. The first kappa shape index (κ1) is 15.6. The monoisotopic (exact) mass is 320 g/mol. The molecule has 0 unspecified atom stereocenters. The van der Waals surface area contributed by atoms with Gasteiger partial charge in [-0.2, -0.15) is 0 Å². The van der Waals surface area contributed by atoms with Gasteiger partial charge < -0.3 is 14.6 Å². The highest BCUT2D eigenvalue weighted by molar-refractivity contribution is 5.87. The zero-order valence-electron chi connectivity index (χ0n) is 12.9. The Balaban J connectivity index is 1.59. The number of aromatic carboxylic acids is 1. The molecule has 0 radical (unpaired) electrons. The quantitative estimate of drug-likeness (QED) is 0.711. The van der Waals surface area contributed by atoms with E-state index in [1.54, 1.807) is 12.1 Å². The Morgan fingerprint density at radius 3 is 1.88 bits per heavy atom. The third-order valence-electron chi connectivity index (χ3n) is 3.41. The van der Waals surface area contributed by atoms with Crippen molar-refractivity contribution < 1.29 is 19.4 Å². The van der Waals surface area contributed by atoms with Crippen LogP contribution in [0.25, 0.3) is 0 Å². The summed E-state index contributed by atoms with van der Waals surface area (Å²) in [6.07, 6.45) is 0. The van der Waals surface area contributed by atoms with Gasteiger partial charge in [0.2, 0.25) is 0 Å². The highest BCUT2D eigenvalue weighted by atomic mass is 16.5. The van der Waals surface area contributed by atoms with E-state index in [0.29, 0.717) is 18.1 Å². The van der Waals surface area contributed by atoms with E-state index in [1.165, 1.54) is 12.1 Å². The van der Waals surface area contributed by atoms with Crippen LogP contribution < -0.4 is 9.47 Å². The Kier molecular flexibility index (Phi) is 4.77. The number of benzene rings is 3. The predicted molar refractivity (Wildman–Crippen MR) is 90.7 cm³/mol. The van der Waals surface area contributed by atoms with Gasteiger partial charge in [-0.05, 0) is 54.1 Å². The molecular weight excluding hydrogens is 304 g/mol. The van der Waals surface area contributed by atoms with Crippen molar-refractivity contribution in [1.29, 1.82) is 0 Å². The molecular formula is C20H16O4. The molecule has 0 saturated carbocycles. The smallest absolute Gasteiger partial charge is 0.335 e. The van der Waals surface area contributed by atoms with E-state index < -0.39 is 5.97 Å². The Labute approximate surface area is 139 Å². The molecule has 0 aliphatic rings. The lowest BCUT2D eigenvalue weighted by atomic mass is 10.2. The second-order valence-corrected chi connectivity index (χ2v) is 5.18. The van der Waals surface area contributed by atoms with E-state index in [-0.39, 0.29) is 5.56 Å². The Morgan fingerprint density at radius 2 is 1.29 bits per heavy atom. The third kappa shape index (κ3) is 4.14. The van der Waals surface area contributed by atoms with E-state index in [2.05, 4.69) is 0 Å². The fraction of sp³-hybridized carbons (Fsp3) is 0.0500. The normalized spacial score (nSPS) is 10.2. The minimum atomic E-state index is -0.957. The fourth-order valence-corrected chi connectivity index (χ4v) is 2.15. The van der Waals surface area contributed by atoms with Crippen LogP contribution in [0.2, 0.25) is 0 Å². The lowest BCUT2D eigenvalue weighted by Gasteiger charge is -2.09. The van der Waals surface area contributed by atoms with Gasteiger partial charge in [-0.15, -0.1) is 0 Å². The van der Waals surface area contributed by atoms with Crippen molar-refractivity contribution in [1.82, 2.24) is 0 Å². The number of rotatable bonds is 6. The van der Waals surface area contributed by atoms with Gasteiger partial charge in [0.05, 0.1) is 5.56 Å². The van der Waals surface area contributed by atoms with Gasteiger partial charge in [-0.25, -0.2) is 4.79 Å². The van der Waals surface area contributed by atoms with Crippen LogP contribution in [0.1, 0.15) is 15.9 Å². The molecule has 0 fully saturated rings. The number of carbonyl (C=O) groups is 1. The SMILES string of the molecule is O=C(O)c1ccc(Oc2ccc(OCc3ccccc3)cc2)cc1. The van der Waals surface area contributed by atoms with Crippen LogP contribution in [-0.4, -0.2) is 11.1 Å². The van der Waals surface area contributed by atoms with E-state index in [9.17, 15) is 4.79 Å². The topological polar surface area (TPSA) is 55.8 Å². The first-order chi connectivity index (χ1) is 11.7. The van der Waals surface area contributed by atoms with E-state index in [1.807, 2.05) is 54.6 Å². The number of hydrogen-bond acceptors (Lipinski definition) is 3. The number of hydrogen-bond donors (Lipinski definition) is 1. The van der Waals surface area contributed by atoms with Crippen molar-refractivity contribution in [2.45, 2.75) is 6.61 Å². The molecule has 0 atom stereocenters. The van der Waals surface area contributed by atoms with Gasteiger partial charge >= 0.3 is 5.97 Å². The van der Waals surface area contributed by atoms with Crippen LogP contribution in [0.3, 0.4) is 0 Å². The molecule has 0 spiro atoms. The van der Waals surface area contributed by atoms with Gasteiger partial charge in [0.1, 0.15) is 23.9 Å². The maximum Gasteiger partial charge on any atom is 0.335 e. The largest absolute Gasteiger partial charge is 0.489 e. The van der Waals surface area contributed by atoms with Gasteiger partial charge in [-0.3, -0.25) is 0 Å². The summed E-state index contributed by atoms with van der Waals surface area (Å²) in [5.74, 6) is 1.04. The van der Waals surface area contributed by atoms with Crippen LogP contribution in [0.15, 0.2) is 78.9 Å². The average Bonchev–Trinajstić information content (AvgIpc) is 2.62. The molecule has 120 valence electrons. The lowest BCUT2D eigenvalue weighted by molar-refractivity contribution is 0.0697. The average molecular weight is 320 g/mol. The van der Waals surface area contributed by atoms with Gasteiger partial charge in [0.15, 0.2) is 0 Å². The molecule has 0 aliphatic heterocycles. The summed E-state index contributed by atoms with van der Waals surface area (Å²) in [6.45, 7) is 0.512. The van der Waals surface area contributed by atoms with Crippen molar-refractivity contribution >= 4 is 5.97 Å². The molecule has 0 aromatic heterocycles. The van der Waals surface area contributed by atoms with Gasteiger partial charge in [0.25, 0.3) is 0 Å². The third-order valence-corrected chi connectivity index (χ3v) is 3.41. The van der Waals surface area contributed by atoms with Gasteiger partial charge in [0, 0.05) is 0 Å². The Morgan fingerprint density at radius 1 is 0.750 bits per heavy atom. The minimum absolute atomic E-state index is 0.229. The zero-order chi connectivity index (χ0) is 16.8. The molecule has 3 aromatic carbocycles. The van der Waals surface area contributed by atoms with Crippen molar-refractivity contribution in [2.24, 2.45) is 0 Å². The number of carboxylic acid groups (broad SMARTS) is 1. The Hall–Kier alpha value is -3.27. The molecule has 24 heavy (non-hydrogen) atoms. The second-order valence-electron chi connectivity index (χ2n) is 5.18. The first-order valence-corrected chi connectivity index (χ1v) is 7.49. The lowest BCUT2D eigenvalue weighted by Crippen LogP contribution is -1.95. The Bertz CT molecular complexity index is 793. The number of ether oxygens (including phenoxy) is 2. The highest BCUT2D eigenvalue weighted by Crippen LogP contribution is 2.24. The molecule has 0 heterocycles. The summed E-state index contributed by atoms with van der Waals surface area (Å²) in [6, 6.07) is 23.5. The molecule has 1 N–H and O–H groups in total. The maximum atomic E-state index is 10.8. The summed E-state index contributed by atoms with van der Waals surface area (Å²) in [7, 11) is 0. The molecule has 3 aromatic rings. The molecule has 4 heteroatoms. The van der Waals surface area contributed by atoms with Crippen LogP contribution in [0.4, 0.5) is 0 Å². The molecule has 0 aliphatic carbocycles. The van der Waals surface area contributed by atoms with Crippen molar-refractivity contribution in [3.05, 3.63) is 90.0 Å². The van der Waals surface area contributed by atoms with Crippen molar-refractivity contribution in [2.75, 3.05) is 0 Å². The molecule has 0 saturated heterocycles. The van der Waals surface area contributed by atoms with Crippen molar-refractivity contribution in [3.63, 3.8) is 0 Å². The molecule has 0 amide bonds. The van der Waals surface area contributed by atoms with Crippen LogP contribution >= 0.6 is 0 Å². The van der Waals surface area contributed by atoms with Crippen molar-refractivity contribution in [3.8, 4) is 17.2 Å². The van der Waals surface area contributed by atoms with E-state index in [0.717, 1.165) is 11.3 Å². The summed E-state index contributed by atoms with van der Waals surface area (Å²) in [5.41, 5.74) is 1.34. The summed E-state index contributed by atoms with van der Waals surface area (Å²) < 4.78 is 11.4. The van der Waals surface area contributed by atoms with Crippen LogP contribution in [0.5, 0.6) is 17.2 Å². The molecule has 0 bridgehead atoms. The van der Waals surface area contributed by atoms with Gasteiger partial charge in [-0.1, -0.05) is 30.3 Å². The minimum Gasteiger partial charge on any atom is -0.489 e. The summed E-state index contributed by atoms with van der Waals surface area (Å²) >= 11 is 0. The second kappa shape index (κ2) is 7.33. The van der Waals surface area contributed by atoms with Crippen LogP contribution in [-0.2, 0) is 6.61 Å². The standard InChI is InChI=1S/C20H16O4/c21-20(22)16-6-8-18(9-7-16)24-19-12-10-17(11-13-19)23-14-15-4-2-1-3-5-15/h1-13H,14H2,(H,21,22). The number of carboxylic acids is 1. The summed E-state index contributed by atoms with van der Waals surface area (Å²) in [4.78, 5) is 10.8. The highest BCUT2D eigenvalue weighted by Gasteiger charge is 2.03. The molecule has 3 rings (SSSR count).